The molecule has 2 aromatic rings. The SMILES string of the molecule is Cc1cc(C)c(Cn2cc(N)c(C)cc2=O)c(C)c1. The number of rotatable bonds is 2. The van der Waals surface area contributed by atoms with Crippen LogP contribution < -0.4 is 11.3 Å². The molecule has 100 valence electrons. The van der Waals surface area contributed by atoms with E-state index in [0.717, 1.165) is 5.56 Å². The fourth-order valence-electron chi connectivity index (χ4n) is 2.44. The van der Waals surface area contributed by atoms with Crippen molar-refractivity contribution in [2.24, 2.45) is 0 Å². The highest BCUT2D eigenvalue weighted by atomic mass is 16.1. The van der Waals surface area contributed by atoms with Crippen LogP contribution in [0.4, 0.5) is 5.69 Å². The van der Waals surface area contributed by atoms with E-state index in [1.165, 1.54) is 22.3 Å². The van der Waals surface area contributed by atoms with Gasteiger partial charge in [0.05, 0.1) is 12.2 Å². The van der Waals surface area contributed by atoms with Crippen molar-refractivity contribution in [2.45, 2.75) is 34.2 Å². The number of pyridine rings is 1. The highest BCUT2D eigenvalue weighted by Gasteiger charge is 2.07. The lowest BCUT2D eigenvalue weighted by atomic mass is 10.00. The first-order chi connectivity index (χ1) is 8.88. The molecule has 0 unspecified atom stereocenters. The second-order valence-electron chi connectivity index (χ2n) is 5.26. The molecule has 2 rings (SSSR count). The zero-order valence-electron chi connectivity index (χ0n) is 11.9. The van der Waals surface area contributed by atoms with Gasteiger partial charge in [0, 0.05) is 12.3 Å². The molecule has 0 spiro atoms. The Kier molecular flexibility index (Phi) is 3.47. The summed E-state index contributed by atoms with van der Waals surface area (Å²) in [6.45, 7) is 8.67. The Hall–Kier alpha value is -2.03. The van der Waals surface area contributed by atoms with Gasteiger partial charge in [0.15, 0.2) is 0 Å². The molecule has 3 heteroatoms. The van der Waals surface area contributed by atoms with E-state index in [2.05, 4.69) is 32.9 Å². The number of aromatic nitrogens is 1. The summed E-state index contributed by atoms with van der Waals surface area (Å²) in [5.74, 6) is 0. The van der Waals surface area contributed by atoms with Crippen LogP contribution in [0.5, 0.6) is 0 Å². The van der Waals surface area contributed by atoms with Crippen LogP contribution in [0.2, 0.25) is 0 Å². The van der Waals surface area contributed by atoms with E-state index in [9.17, 15) is 4.79 Å². The van der Waals surface area contributed by atoms with Gasteiger partial charge in [-0.05, 0) is 49.9 Å². The average molecular weight is 256 g/mol. The molecule has 0 fully saturated rings. The normalized spacial score (nSPS) is 10.7. The summed E-state index contributed by atoms with van der Waals surface area (Å²) >= 11 is 0. The molecular formula is C16H20N2O. The third-order valence-electron chi connectivity index (χ3n) is 3.54. The predicted octanol–water partition coefficient (Wildman–Crippen LogP) is 2.71. The minimum atomic E-state index is -0.00826. The number of nitrogen functional groups attached to an aromatic ring is 1. The molecule has 0 aliphatic carbocycles. The van der Waals surface area contributed by atoms with Gasteiger partial charge in [0.25, 0.3) is 5.56 Å². The molecule has 0 amide bonds. The van der Waals surface area contributed by atoms with Crippen LogP contribution in [0.15, 0.2) is 29.2 Å². The number of benzene rings is 1. The maximum atomic E-state index is 12.0. The number of aryl methyl sites for hydroxylation is 4. The third-order valence-corrected chi connectivity index (χ3v) is 3.54. The van der Waals surface area contributed by atoms with E-state index in [-0.39, 0.29) is 5.56 Å². The molecule has 0 radical (unpaired) electrons. The molecule has 0 saturated carbocycles. The molecule has 0 atom stereocenters. The highest BCUT2D eigenvalue weighted by Crippen LogP contribution is 2.17. The number of nitrogens with zero attached hydrogens (tertiary/aromatic N) is 1. The van der Waals surface area contributed by atoms with Crippen molar-refractivity contribution in [3.8, 4) is 0 Å². The fraction of sp³-hybridized carbons (Fsp3) is 0.312. The van der Waals surface area contributed by atoms with Crippen molar-refractivity contribution in [2.75, 3.05) is 5.73 Å². The lowest BCUT2D eigenvalue weighted by molar-refractivity contribution is 0.750. The second-order valence-corrected chi connectivity index (χ2v) is 5.26. The predicted molar refractivity (Wildman–Crippen MR) is 79.6 cm³/mol. The first kappa shape index (κ1) is 13.4. The van der Waals surface area contributed by atoms with Crippen molar-refractivity contribution in [3.05, 3.63) is 62.6 Å². The Bertz CT molecular complexity index is 661. The first-order valence-electron chi connectivity index (χ1n) is 6.42. The molecule has 19 heavy (non-hydrogen) atoms. The van der Waals surface area contributed by atoms with Crippen LogP contribution in [-0.4, -0.2) is 4.57 Å². The van der Waals surface area contributed by atoms with Crippen molar-refractivity contribution in [3.63, 3.8) is 0 Å². The largest absolute Gasteiger partial charge is 0.397 e. The standard InChI is InChI=1S/C16H20N2O/c1-10-5-11(2)14(12(3)6-10)8-18-9-15(17)13(4)7-16(18)19/h5-7,9H,8,17H2,1-4H3. The maximum Gasteiger partial charge on any atom is 0.251 e. The van der Waals surface area contributed by atoms with Gasteiger partial charge < -0.3 is 10.3 Å². The topological polar surface area (TPSA) is 48.0 Å². The summed E-state index contributed by atoms with van der Waals surface area (Å²) < 4.78 is 1.67. The van der Waals surface area contributed by atoms with Gasteiger partial charge in [-0.1, -0.05) is 17.7 Å². The van der Waals surface area contributed by atoms with Crippen LogP contribution >= 0.6 is 0 Å². The molecule has 1 heterocycles. The van der Waals surface area contributed by atoms with Crippen molar-refractivity contribution in [1.82, 2.24) is 4.57 Å². The molecule has 0 bridgehead atoms. The summed E-state index contributed by atoms with van der Waals surface area (Å²) in [5, 5.41) is 0. The fourth-order valence-corrected chi connectivity index (χ4v) is 2.44. The Labute approximate surface area is 113 Å². The van der Waals surface area contributed by atoms with E-state index in [1.807, 2.05) is 6.92 Å². The van der Waals surface area contributed by atoms with Crippen molar-refractivity contribution in [1.29, 1.82) is 0 Å². The van der Waals surface area contributed by atoms with Gasteiger partial charge >= 0.3 is 0 Å². The van der Waals surface area contributed by atoms with Gasteiger partial charge in [-0.3, -0.25) is 4.79 Å². The van der Waals surface area contributed by atoms with E-state index in [1.54, 1.807) is 16.8 Å². The van der Waals surface area contributed by atoms with Crippen LogP contribution in [0.25, 0.3) is 0 Å². The van der Waals surface area contributed by atoms with Gasteiger partial charge in [-0.2, -0.15) is 0 Å². The van der Waals surface area contributed by atoms with Crippen molar-refractivity contribution < 1.29 is 0 Å². The molecule has 0 saturated heterocycles. The smallest absolute Gasteiger partial charge is 0.251 e. The average Bonchev–Trinajstić information content (AvgIpc) is 2.29. The molecule has 0 aliphatic rings. The minimum Gasteiger partial charge on any atom is -0.397 e. The summed E-state index contributed by atoms with van der Waals surface area (Å²) in [6.07, 6.45) is 1.73. The molecule has 2 N–H and O–H groups in total. The van der Waals surface area contributed by atoms with E-state index in [0.29, 0.717) is 12.2 Å². The van der Waals surface area contributed by atoms with Gasteiger partial charge in [-0.25, -0.2) is 0 Å². The zero-order chi connectivity index (χ0) is 14.2. The molecule has 3 nitrogen and oxygen atoms in total. The zero-order valence-corrected chi connectivity index (χ0v) is 11.9. The number of anilines is 1. The third kappa shape index (κ3) is 2.70. The van der Waals surface area contributed by atoms with Gasteiger partial charge in [0.1, 0.15) is 0 Å². The van der Waals surface area contributed by atoms with Crippen LogP contribution in [0.1, 0.15) is 27.8 Å². The lowest BCUT2D eigenvalue weighted by Crippen LogP contribution is -2.21. The van der Waals surface area contributed by atoms with Gasteiger partial charge in [-0.15, -0.1) is 0 Å². The molecule has 0 aliphatic heterocycles. The number of hydrogen-bond acceptors (Lipinski definition) is 2. The first-order valence-corrected chi connectivity index (χ1v) is 6.42. The van der Waals surface area contributed by atoms with E-state index in [4.69, 9.17) is 5.73 Å². The minimum absolute atomic E-state index is 0.00826. The summed E-state index contributed by atoms with van der Waals surface area (Å²) in [4.78, 5) is 12.0. The quantitative estimate of drug-likeness (QED) is 0.898. The van der Waals surface area contributed by atoms with Crippen LogP contribution in [0, 0.1) is 27.7 Å². The summed E-state index contributed by atoms with van der Waals surface area (Å²) in [6, 6.07) is 5.88. The van der Waals surface area contributed by atoms with E-state index >= 15 is 0 Å². The monoisotopic (exact) mass is 256 g/mol. The maximum absolute atomic E-state index is 12.0. The Morgan fingerprint density at radius 1 is 1.00 bits per heavy atom. The summed E-state index contributed by atoms with van der Waals surface area (Å²) in [7, 11) is 0. The van der Waals surface area contributed by atoms with Gasteiger partial charge in [0.2, 0.25) is 0 Å². The lowest BCUT2D eigenvalue weighted by Gasteiger charge is -2.14. The van der Waals surface area contributed by atoms with Crippen LogP contribution in [0.3, 0.4) is 0 Å². The van der Waals surface area contributed by atoms with Crippen LogP contribution in [-0.2, 0) is 6.54 Å². The summed E-state index contributed by atoms with van der Waals surface area (Å²) in [5.41, 5.74) is 12.2. The number of hydrogen-bond donors (Lipinski definition) is 1. The number of nitrogens with two attached hydrogens (primary N) is 1. The second kappa shape index (κ2) is 4.92. The molecular weight excluding hydrogens is 236 g/mol. The van der Waals surface area contributed by atoms with E-state index < -0.39 is 0 Å². The molecule has 1 aromatic heterocycles. The van der Waals surface area contributed by atoms with Crippen molar-refractivity contribution >= 4 is 5.69 Å². The Morgan fingerprint density at radius 3 is 2.16 bits per heavy atom. The Morgan fingerprint density at radius 2 is 1.58 bits per heavy atom. The molecule has 1 aromatic carbocycles. The Balaban J connectivity index is 2.48. The highest BCUT2D eigenvalue weighted by molar-refractivity contribution is 5.44.